The van der Waals surface area contributed by atoms with Gasteiger partial charge in [-0.25, -0.2) is 0 Å². The maximum absolute atomic E-state index is 12.5. The molecule has 1 aromatic carbocycles. The number of H-pyrrole nitrogens is 1. The van der Waals surface area contributed by atoms with Crippen LogP contribution in [0.1, 0.15) is 40.9 Å². The molecule has 0 saturated heterocycles. The van der Waals surface area contributed by atoms with E-state index in [-0.39, 0.29) is 5.56 Å². The Bertz CT molecular complexity index is 1260. The lowest BCUT2D eigenvalue weighted by molar-refractivity contribution is 0.772. The van der Waals surface area contributed by atoms with Gasteiger partial charge in [0.2, 0.25) is 0 Å². The number of aromatic nitrogens is 2. The Hall–Kier alpha value is -2.50. The first-order chi connectivity index (χ1) is 13.3. The lowest BCUT2D eigenvalue weighted by atomic mass is 9.87. The number of thiophene rings is 1. The van der Waals surface area contributed by atoms with Gasteiger partial charge in [-0.2, -0.15) is 0 Å². The van der Waals surface area contributed by atoms with Gasteiger partial charge in [0.05, 0.1) is 11.2 Å². The van der Waals surface area contributed by atoms with Crippen LogP contribution in [0.3, 0.4) is 0 Å². The quantitative estimate of drug-likeness (QED) is 0.510. The van der Waals surface area contributed by atoms with Crippen molar-refractivity contribution in [3.63, 3.8) is 0 Å². The highest BCUT2D eigenvalue weighted by atomic mass is 32.1. The van der Waals surface area contributed by atoms with Crippen LogP contribution in [0.5, 0.6) is 0 Å². The third kappa shape index (κ3) is 2.77. The average molecular weight is 392 g/mol. The molecule has 144 valence electrons. The summed E-state index contributed by atoms with van der Waals surface area (Å²) in [4.78, 5) is 20.4. The van der Waals surface area contributed by atoms with Crippen molar-refractivity contribution >= 4 is 32.3 Å². The number of hydrogen-bond acceptors (Lipinski definition) is 4. The van der Waals surface area contributed by atoms with E-state index >= 15 is 0 Å². The lowest BCUT2D eigenvalue weighted by Gasteiger charge is -2.20. The highest BCUT2D eigenvalue weighted by molar-refractivity contribution is 7.17. The van der Waals surface area contributed by atoms with Crippen LogP contribution in [0, 0.1) is 27.7 Å². The maximum atomic E-state index is 12.5. The van der Waals surface area contributed by atoms with Crippen LogP contribution in [0.2, 0.25) is 0 Å². The van der Waals surface area contributed by atoms with E-state index in [9.17, 15) is 4.79 Å². The number of nitrogens with one attached hydrogen (secondary N) is 1. The second-order valence-electron chi connectivity index (χ2n) is 7.69. The molecule has 3 heterocycles. The fraction of sp³-hybridized carbons (Fsp3) is 0.304. The fourth-order valence-electron chi connectivity index (χ4n) is 4.24. The van der Waals surface area contributed by atoms with E-state index in [1.165, 1.54) is 33.6 Å². The van der Waals surface area contributed by atoms with Gasteiger partial charge >= 0.3 is 0 Å². The van der Waals surface area contributed by atoms with Crippen molar-refractivity contribution < 1.29 is 0 Å². The Morgan fingerprint density at radius 1 is 1.11 bits per heavy atom. The zero-order valence-electron chi connectivity index (χ0n) is 16.9. The molecule has 28 heavy (non-hydrogen) atoms. The molecule has 1 unspecified atom stereocenters. The van der Waals surface area contributed by atoms with E-state index in [1.54, 1.807) is 0 Å². The van der Waals surface area contributed by atoms with Crippen molar-refractivity contribution in [2.75, 3.05) is 6.54 Å². The summed E-state index contributed by atoms with van der Waals surface area (Å²) in [5, 5.41) is 4.08. The Morgan fingerprint density at radius 2 is 1.79 bits per heavy atom. The molecule has 0 amide bonds. The smallest absolute Gasteiger partial charge is 0.266 e. The number of nitrogens with zero attached hydrogens (tertiary/aromatic N) is 1. The molecule has 0 fully saturated rings. The summed E-state index contributed by atoms with van der Waals surface area (Å²) in [5.74, 6) is 0.320. The topological polar surface area (TPSA) is 71.8 Å². The van der Waals surface area contributed by atoms with Crippen molar-refractivity contribution in [3.8, 4) is 11.1 Å². The van der Waals surface area contributed by atoms with Gasteiger partial charge in [0.1, 0.15) is 4.70 Å². The van der Waals surface area contributed by atoms with Crippen LogP contribution in [0.25, 0.3) is 32.1 Å². The van der Waals surface area contributed by atoms with Crippen molar-refractivity contribution in [1.82, 2.24) is 9.97 Å². The minimum absolute atomic E-state index is 0.0437. The molecule has 0 radical (unpaired) electrons. The summed E-state index contributed by atoms with van der Waals surface area (Å²) in [6.45, 7) is 11.1. The predicted octanol–water partition coefficient (Wildman–Crippen LogP) is 5.10. The molecule has 3 N–H and O–H groups in total. The van der Waals surface area contributed by atoms with E-state index in [0.29, 0.717) is 12.5 Å². The Labute approximate surface area is 168 Å². The summed E-state index contributed by atoms with van der Waals surface area (Å²) in [5.41, 5.74) is 14.5. The van der Waals surface area contributed by atoms with Crippen LogP contribution in [-0.2, 0) is 0 Å². The number of rotatable bonds is 3. The molecule has 0 bridgehead atoms. The molecule has 3 aromatic heterocycles. The van der Waals surface area contributed by atoms with Crippen LogP contribution < -0.4 is 11.3 Å². The molecule has 0 aliphatic rings. The highest BCUT2D eigenvalue weighted by Gasteiger charge is 2.20. The second kappa shape index (κ2) is 6.83. The fourth-order valence-corrected chi connectivity index (χ4v) is 5.04. The minimum Gasteiger partial charge on any atom is -0.330 e. The first kappa shape index (κ1) is 18.8. The van der Waals surface area contributed by atoms with E-state index in [1.807, 2.05) is 12.3 Å². The Balaban J connectivity index is 2.16. The van der Waals surface area contributed by atoms with E-state index in [4.69, 9.17) is 10.7 Å². The summed E-state index contributed by atoms with van der Waals surface area (Å²) in [6.07, 6.45) is 0. The van der Waals surface area contributed by atoms with E-state index in [2.05, 4.69) is 50.9 Å². The number of pyridine rings is 2. The first-order valence-corrected chi connectivity index (χ1v) is 10.4. The van der Waals surface area contributed by atoms with Crippen molar-refractivity contribution in [3.05, 3.63) is 62.0 Å². The van der Waals surface area contributed by atoms with Crippen molar-refractivity contribution in [2.45, 2.75) is 40.5 Å². The van der Waals surface area contributed by atoms with Gasteiger partial charge in [-0.3, -0.25) is 9.78 Å². The number of nitrogens with two attached hydrogens (primary N) is 1. The standard InChI is InChI=1S/C23H25N3OS/c1-11-8-16(13(3)10-24)9-12(2)18(11)19-14(4)25-15(5)21-20(19)17-6-7-28-22(17)23(27)26-21/h6-9,13H,10,24H2,1-5H3,(H,26,27). The summed E-state index contributed by atoms with van der Waals surface area (Å²) >= 11 is 1.48. The average Bonchev–Trinajstić information content (AvgIpc) is 3.14. The van der Waals surface area contributed by atoms with Gasteiger partial charge in [0.15, 0.2) is 0 Å². The SMILES string of the molecule is Cc1cc(C(C)CN)cc(C)c1-c1c(C)nc(C)c2[nH]c(=O)c3sccc3c12. The normalized spacial score (nSPS) is 12.8. The predicted molar refractivity (Wildman–Crippen MR) is 120 cm³/mol. The molecule has 4 nitrogen and oxygen atoms in total. The summed E-state index contributed by atoms with van der Waals surface area (Å²) < 4.78 is 0.766. The van der Waals surface area contributed by atoms with E-state index in [0.717, 1.165) is 37.9 Å². The molecule has 0 saturated carbocycles. The third-order valence-electron chi connectivity index (χ3n) is 5.67. The number of hydrogen-bond donors (Lipinski definition) is 2. The van der Waals surface area contributed by atoms with Gasteiger partial charge in [-0.15, -0.1) is 11.3 Å². The molecule has 0 spiro atoms. The van der Waals surface area contributed by atoms with Crippen LogP contribution in [0.4, 0.5) is 0 Å². The second-order valence-corrected chi connectivity index (χ2v) is 8.61. The molecular formula is C23H25N3OS. The lowest BCUT2D eigenvalue weighted by Crippen LogP contribution is -2.10. The van der Waals surface area contributed by atoms with Gasteiger partial charge in [0, 0.05) is 22.0 Å². The van der Waals surface area contributed by atoms with Gasteiger partial charge in [0.25, 0.3) is 5.56 Å². The number of aromatic amines is 1. The summed E-state index contributed by atoms with van der Waals surface area (Å²) in [6, 6.07) is 6.53. The Kier molecular flexibility index (Phi) is 4.60. The molecule has 4 rings (SSSR count). The van der Waals surface area contributed by atoms with Crippen molar-refractivity contribution in [2.24, 2.45) is 5.73 Å². The molecule has 4 aromatic rings. The van der Waals surface area contributed by atoms with Crippen LogP contribution in [-0.4, -0.2) is 16.5 Å². The zero-order valence-corrected chi connectivity index (χ0v) is 17.8. The van der Waals surface area contributed by atoms with Crippen LogP contribution in [0.15, 0.2) is 28.4 Å². The van der Waals surface area contributed by atoms with Crippen molar-refractivity contribution in [1.29, 1.82) is 0 Å². The monoisotopic (exact) mass is 391 g/mol. The molecule has 1 atom stereocenters. The third-order valence-corrected chi connectivity index (χ3v) is 6.58. The largest absolute Gasteiger partial charge is 0.330 e. The maximum Gasteiger partial charge on any atom is 0.266 e. The first-order valence-electron chi connectivity index (χ1n) is 9.55. The molecule has 5 heteroatoms. The zero-order chi connectivity index (χ0) is 20.2. The number of fused-ring (bicyclic) bond motifs is 3. The number of aryl methyl sites for hydroxylation is 4. The van der Waals surface area contributed by atoms with E-state index < -0.39 is 0 Å². The molecule has 0 aliphatic carbocycles. The summed E-state index contributed by atoms with van der Waals surface area (Å²) in [7, 11) is 0. The minimum atomic E-state index is -0.0437. The highest BCUT2D eigenvalue weighted by Crippen LogP contribution is 2.40. The molecular weight excluding hydrogens is 366 g/mol. The van der Waals surface area contributed by atoms with Gasteiger partial charge in [-0.1, -0.05) is 19.1 Å². The van der Waals surface area contributed by atoms with Crippen LogP contribution >= 0.6 is 11.3 Å². The molecule has 0 aliphatic heterocycles. The van der Waals surface area contributed by atoms with Gasteiger partial charge < -0.3 is 10.7 Å². The van der Waals surface area contributed by atoms with Gasteiger partial charge in [-0.05, 0) is 73.9 Å². The number of benzene rings is 1. The Morgan fingerprint density at radius 3 is 2.43 bits per heavy atom.